The van der Waals surface area contributed by atoms with E-state index in [1.165, 1.54) is 0 Å². The fourth-order valence-electron chi connectivity index (χ4n) is 0.874. The Kier molecular flexibility index (Phi) is 2.85. The molecule has 0 unspecified atom stereocenters. The summed E-state index contributed by atoms with van der Waals surface area (Å²) in [4.78, 5) is 13.1. The van der Waals surface area contributed by atoms with Crippen LogP contribution in [0.15, 0.2) is 18.2 Å². The molecule has 1 rings (SSSR count). The summed E-state index contributed by atoms with van der Waals surface area (Å²) in [5.41, 5.74) is -2.51. The fourth-order valence-corrected chi connectivity index (χ4v) is 0.874. The Hall–Kier alpha value is -1.73. The average molecular weight is 241 g/mol. The highest BCUT2D eigenvalue weighted by Crippen LogP contribution is 2.42. The van der Waals surface area contributed by atoms with Crippen LogP contribution in [0.2, 0.25) is 0 Å². The van der Waals surface area contributed by atoms with E-state index in [4.69, 9.17) is 5.11 Å². The van der Waals surface area contributed by atoms with Gasteiger partial charge in [0.05, 0.1) is 0 Å². The molecule has 8 heteroatoms. The number of alkyl halides is 5. The number of aromatic nitrogens is 1. The molecule has 0 saturated carbocycles. The fraction of sp³-hybridized carbons (Fsp3) is 0.250. The normalized spacial score (nSPS) is 12.6. The van der Waals surface area contributed by atoms with Crippen molar-refractivity contribution < 1.29 is 31.9 Å². The Balaban J connectivity index is 3.24. The molecule has 0 aliphatic heterocycles. The summed E-state index contributed by atoms with van der Waals surface area (Å²) >= 11 is 0. The minimum absolute atomic E-state index is 0.417. The molecule has 3 nitrogen and oxygen atoms in total. The van der Waals surface area contributed by atoms with Crippen molar-refractivity contribution >= 4 is 5.97 Å². The molecule has 16 heavy (non-hydrogen) atoms. The van der Waals surface area contributed by atoms with Gasteiger partial charge in [-0.25, -0.2) is 9.78 Å². The maximum atomic E-state index is 12.7. The van der Waals surface area contributed by atoms with Crippen LogP contribution < -0.4 is 0 Å². The van der Waals surface area contributed by atoms with Crippen molar-refractivity contribution in [2.45, 2.75) is 12.1 Å². The first-order chi connectivity index (χ1) is 7.16. The summed E-state index contributed by atoms with van der Waals surface area (Å²) in [5, 5.41) is 8.39. The third-order valence-corrected chi connectivity index (χ3v) is 1.65. The monoisotopic (exact) mass is 241 g/mol. The Morgan fingerprint density at radius 1 is 1.19 bits per heavy atom. The van der Waals surface area contributed by atoms with Crippen LogP contribution in [0.1, 0.15) is 16.2 Å². The van der Waals surface area contributed by atoms with Gasteiger partial charge in [-0.1, -0.05) is 6.07 Å². The number of hydrogen-bond acceptors (Lipinski definition) is 2. The molecule has 1 aromatic rings. The van der Waals surface area contributed by atoms with E-state index in [-0.39, 0.29) is 0 Å². The Bertz CT molecular complexity index is 415. The highest BCUT2D eigenvalue weighted by atomic mass is 19.4. The van der Waals surface area contributed by atoms with Crippen molar-refractivity contribution in [2.75, 3.05) is 0 Å². The van der Waals surface area contributed by atoms with Crippen molar-refractivity contribution in [2.24, 2.45) is 0 Å². The summed E-state index contributed by atoms with van der Waals surface area (Å²) in [6.45, 7) is 0. The van der Waals surface area contributed by atoms with E-state index in [0.29, 0.717) is 6.07 Å². The zero-order valence-electron chi connectivity index (χ0n) is 7.42. The van der Waals surface area contributed by atoms with E-state index < -0.39 is 29.5 Å². The summed E-state index contributed by atoms with van der Waals surface area (Å²) in [6, 6.07) is 2.00. The Labute approximate surface area is 85.5 Å². The molecule has 1 heterocycles. The van der Waals surface area contributed by atoms with Gasteiger partial charge >= 0.3 is 18.1 Å². The average Bonchev–Trinajstić information content (AvgIpc) is 2.16. The molecule has 0 spiro atoms. The summed E-state index contributed by atoms with van der Waals surface area (Å²) in [5.74, 6) is -6.85. The van der Waals surface area contributed by atoms with Gasteiger partial charge in [0.25, 0.3) is 0 Å². The third-order valence-electron chi connectivity index (χ3n) is 1.65. The minimum atomic E-state index is -5.81. The molecule has 88 valence electrons. The van der Waals surface area contributed by atoms with E-state index in [9.17, 15) is 26.7 Å². The number of pyridine rings is 1. The van der Waals surface area contributed by atoms with Crippen molar-refractivity contribution in [1.82, 2.24) is 4.98 Å². The molecule has 0 atom stereocenters. The van der Waals surface area contributed by atoms with Gasteiger partial charge in [0, 0.05) is 0 Å². The van der Waals surface area contributed by atoms with Gasteiger partial charge in [0.1, 0.15) is 11.4 Å². The maximum absolute atomic E-state index is 12.7. The summed E-state index contributed by atoms with van der Waals surface area (Å²) < 4.78 is 61.2. The lowest BCUT2D eigenvalue weighted by molar-refractivity contribution is -0.291. The summed E-state index contributed by atoms with van der Waals surface area (Å²) in [7, 11) is 0. The molecule has 0 saturated heterocycles. The van der Waals surface area contributed by atoms with Crippen LogP contribution in [0.4, 0.5) is 22.0 Å². The molecule has 0 aromatic carbocycles. The lowest BCUT2D eigenvalue weighted by Crippen LogP contribution is -2.34. The SMILES string of the molecule is O=C(O)c1cccc(C(F)(F)C(F)(F)F)n1. The Morgan fingerprint density at radius 2 is 1.75 bits per heavy atom. The zero-order valence-corrected chi connectivity index (χ0v) is 7.42. The number of halogens is 5. The van der Waals surface area contributed by atoms with Gasteiger partial charge in [0.15, 0.2) is 0 Å². The molecule has 0 bridgehead atoms. The largest absolute Gasteiger partial charge is 0.477 e. The molecule has 0 aliphatic carbocycles. The number of aromatic carboxylic acids is 1. The lowest BCUT2D eigenvalue weighted by Gasteiger charge is -2.18. The van der Waals surface area contributed by atoms with Crippen LogP contribution in [-0.4, -0.2) is 22.2 Å². The van der Waals surface area contributed by atoms with E-state index in [2.05, 4.69) is 4.98 Å². The van der Waals surface area contributed by atoms with Crippen LogP contribution in [0, 0.1) is 0 Å². The molecule has 1 N–H and O–H groups in total. The predicted molar refractivity (Wildman–Crippen MR) is 41.1 cm³/mol. The number of nitrogens with zero attached hydrogens (tertiary/aromatic N) is 1. The molecule has 0 amide bonds. The molecule has 0 aliphatic rings. The number of carboxylic acid groups (broad SMARTS) is 1. The maximum Gasteiger partial charge on any atom is 0.459 e. The molecular weight excluding hydrogens is 237 g/mol. The van der Waals surface area contributed by atoms with E-state index in [1.807, 2.05) is 0 Å². The van der Waals surface area contributed by atoms with E-state index in [1.54, 1.807) is 0 Å². The number of carbonyl (C=O) groups is 1. The smallest absolute Gasteiger partial charge is 0.459 e. The van der Waals surface area contributed by atoms with Gasteiger partial charge in [0.2, 0.25) is 0 Å². The second-order valence-corrected chi connectivity index (χ2v) is 2.79. The topological polar surface area (TPSA) is 50.2 Å². The minimum Gasteiger partial charge on any atom is -0.477 e. The molecular formula is C8H4F5NO2. The van der Waals surface area contributed by atoms with Crippen molar-refractivity contribution in [3.63, 3.8) is 0 Å². The highest BCUT2D eigenvalue weighted by molar-refractivity contribution is 5.85. The lowest BCUT2D eigenvalue weighted by atomic mass is 10.2. The molecule has 0 radical (unpaired) electrons. The van der Waals surface area contributed by atoms with Crippen molar-refractivity contribution in [3.05, 3.63) is 29.6 Å². The first-order valence-electron chi connectivity index (χ1n) is 3.81. The van der Waals surface area contributed by atoms with Crippen LogP contribution in [-0.2, 0) is 5.92 Å². The molecule has 0 fully saturated rings. The first-order valence-corrected chi connectivity index (χ1v) is 3.81. The quantitative estimate of drug-likeness (QED) is 0.809. The zero-order chi connectivity index (χ0) is 12.6. The van der Waals surface area contributed by atoms with Gasteiger partial charge in [-0.05, 0) is 12.1 Å². The second kappa shape index (κ2) is 3.69. The summed E-state index contributed by atoms with van der Waals surface area (Å²) in [6.07, 6.45) is -5.81. The van der Waals surface area contributed by atoms with E-state index in [0.717, 1.165) is 12.1 Å². The third kappa shape index (κ3) is 2.10. The van der Waals surface area contributed by atoms with Crippen molar-refractivity contribution in [1.29, 1.82) is 0 Å². The Morgan fingerprint density at radius 3 is 2.19 bits per heavy atom. The van der Waals surface area contributed by atoms with Crippen LogP contribution in [0.25, 0.3) is 0 Å². The van der Waals surface area contributed by atoms with Crippen molar-refractivity contribution in [3.8, 4) is 0 Å². The molecule has 1 aromatic heterocycles. The van der Waals surface area contributed by atoms with Gasteiger partial charge in [-0.3, -0.25) is 0 Å². The highest BCUT2D eigenvalue weighted by Gasteiger charge is 2.59. The van der Waals surface area contributed by atoms with Crippen LogP contribution in [0.5, 0.6) is 0 Å². The predicted octanol–water partition coefficient (Wildman–Crippen LogP) is 2.43. The van der Waals surface area contributed by atoms with Crippen LogP contribution >= 0.6 is 0 Å². The van der Waals surface area contributed by atoms with Crippen LogP contribution in [0.3, 0.4) is 0 Å². The second-order valence-electron chi connectivity index (χ2n) is 2.79. The first kappa shape index (κ1) is 12.3. The van der Waals surface area contributed by atoms with Gasteiger partial charge < -0.3 is 5.11 Å². The van der Waals surface area contributed by atoms with Gasteiger partial charge in [-0.15, -0.1) is 0 Å². The number of rotatable bonds is 2. The number of hydrogen-bond donors (Lipinski definition) is 1. The van der Waals surface area contributed by atoms with E-state index >= 15 is 0 Å². The standard InChI is InChI=1S/C8H4F5NO2/c9-7(10,8(11,12)13)5-3-1-2-4(14-5)6(15)16/h1-3H,(H,15,16). The number of carboxylic acids is 1. The van der Waals surface area contributed by atoms with Gasteiger partial charge in [-0.2, -0.15) is 22.0 Å².